The van der Waals surface area contributed by atoms with Gasteiger partial charge in [0.1, 0.15) is 34.3 Å². The number of anilines is 1. The van der Waals surface area contributed by atoms with Crippen LogP contribution in [0.2, 0.25) is 5.15 Å². The molecule has 0 saturated heterocycles. The van der Waals surface area contributed by atoms with Crippen molar-refractivity contribution in [1.82, 2.24) is 38.9 Å². The Bertz CT molecular complexity index is 3170. The van der Waals surface area contributed by atoms with Gasteiger partial charge in [0.25, 0.3) is 5.56 Å². The van der Waals surface area contributed by atoms with Crippen LogP contribution in [0.5, 0.6) is 11.5 Å². The summed E-state index contributed by atoms with van der Waals surface area (Å²) in [7, 11) is 4.15. The van der Waals surface area contributed by atoms with E-state index in [-0.39, 0.29) is 60.3 Å². The van der Waals surface area contributed by atoms with Crippen molar-refractivity contribution in [2.45, 2.75) is 84.0 Å². The number of likely N-dealkylation sites (N-methyl/N-ethyl adjacent to an activating group) is 2. The Labute approximate surface area is 383 Å². The molecule has 0 fully saturated rings. The fourth-order valence-electron chi connectivity index (χ4n) is 10.2. The number of fused-ring (bicyclic) bond motifs is 6. The van der Waals surface area contributed by atoms with Crippen molar-refractivity contribution in [3.05, 3.63) is 96.8 Å². The number of amides is 2. The molecular formula is C47H48ClN9O9. The molecule has 6 aromatic rings. The highest BCUT2D eigenvalue weighted by atomic mass is 35.5. The summed E-state index contributed by atoms with van der Waals surface area (Å²) in [5.74, 6) is 6.18. The smallest absolute Gasteiger partial charge is 0.407 e. The number of phenolic OH excluding ortho intramolecular Hbond substituents is 1. The van der Waals surface area contributed by atoms with Crippen molar-refractivity contribution >= 4 is 57.6 Å². The summed E-state index contributed by atoms with van der Waals surface area (Å²) in [6.45, 7) is 6.96. The molecule has 0 bridgehead atoms. The average Bonchev–Trinajstić information content (AvgIpc) is 3.82. The Balaban J connectivity index is 1.29. The molecule has 2 amide bonds. The van der Waals surface area contributed by atoms with Crippen LogP contribution in [-0.2, 0) is 41.1 Å². The van der Waals surface area contributed by atoms with Gasteiger partial charge in [-0.15, -0.1) is 0 Å². The minimum atomic E-state index is -1.95. The van der Waals surface area contributed by atoms with E-state index in [0.717, 1.165) is 37.4 Å². The second kappa shape index (κ2) is 16.9. The standard InChI is InChI=1S/C47H48ClN9O9/c1-8-28-29-16-27(58)13-14-33(29)51-37-30(28)20-57-35(37)17-32-31(41(57)59)22-66-42(60)47(32,9-2)46(55(6)45(63)64,23-54(5)44(61)62)15-11-10-12-26-19-56(40-36(26)39(48)52-43(49)53-40)21-34-25(4)38(65-7)24(3)18-50-34/h13-14,16-19,58H,8-9,11,15,20-23H2,1-7H3,(H,61,62)(H,63,64)(H2,49,52,53). The number of carboxylic acid groups (broad SMARTS) is 2. The molecule has 2 atom stereocenters. The van der Waals surface area contributed by atoms with Crippen molar-refractivity contribution in [3.63, 3.8) is 0 Å². The van der Waals surface area contributed by atoms with Gasteiger partial charge in [-0.2, -0.15) is 4.98 Å². The maximum atomic E-state index is 14.9. The maximum absolute atomic E-state index is 14.9. The van der Waals surface area contributed by atoms with E-state index in [1.165, 1.54) is 20.2 Å². The molecular weight excluding hydrogens is 870 g/mol. The SMILES string of the molecule is CCc1c2c(nc3ccc(O)cc13)-c1cc3c(c(=O)n1C2)COC(=O)C3(CC)C(CCC#Cc1cn(Cc2ncc(C)c(OC)c2C)c2nc(N)nc(Cl)c12)(CN(C)C(=O)O)N(C)C(=O)O. The van der Waals surface area contributed by atoms with Crippen LogP contribution in [0, 0.1) is 25.7 Å². The number of benzene rings is 1. The summed E-state index contributed by atoms with van der Waals surface area (Å²) in [4.78, 5) is 75.8. The predicted molar refractivity (Wildman–Crippen MR) is 245 cm³/mol. The van der Waals surface area contributed by atoms with E-state index in [1.807, 2.05) is 20.8 Å². The van der Waals surface area contributed by atoms with E-state index >= 15 is 0 Å². The summed E-state index contributed by atoms with van der Waals surface area (Å²) in [6.07, 6.45) is 0.791. The third-order valence-electron chi connectivity index (χ3n) is 13.4. The van der Waals surface area contributed by atoms with Crippen molar-refractivity contribution < 1.29 is 39.2 Å². The van der Waals surface area contributed by atoms with Gasteiger partial charge in [-0.05, 0) is 68.5 Å². The van der Waals surface area contributed by atoms with Gasteiger partial charge in [0.2, 0.25) is 5.95 Å². The molecule has 8 rings (SSSR count). The lowest BCUT2D eigenvalue weighted by atomic mass is 9.59. The summed E-state index contributed by atoms with van der Waals surface area (Å²) in [5.41, 5.74) is 8.47. The van der Waals surface area contributed by atoms with Crippen molar-refractivity contribution in [2.24, 2.45) is 0 Å². The first-order chi connectivity index (χ1) is 31.4. The monoisotopic (exact) mass is 917 g/mol. The van der Waals surface area contributed by atoms with E-state index in [1.54, 1.807) is 53.8 Å². The number of carbonyl (C=O) groups excluding carboxylic acids is 1. The Morgan fingerprint density at radius 3 is 2.53 bits per heavy atom. The number of methoxy groups -OCH3 is 1. The van der Waals surface area contributed by atoms with E-state index in [4.69, 9.17) is 31.8 Å². The van der Waals surface area contributed by atoms with Gasteiger partial charge < -0.3 is 49.5 Å². The number of nitrogens with two attached hydrogens (primary N) is 1. The number of ether oxygens (including phenoxy) is 2. The van der Waals surface area contributed by atoms with Crippen LogP contribution in [0.4, 0.5) is 15.5 Å². The molecule has 5 aromatic heterocycles. The number of nitrogens with zero attached hydrogens (tertiary/aromatic N) is 8. The molecule has 5 N–H and O–H groups in total. The van der Waals surface area contributed by atoms with Crippen molar-refractivity contribution in [1.29, 1.82) is 0 Å². The number of rotatable bonds is 11. The van der Waals surface area contributed by atoms with Gasteiger partial charge in [0.15, 0.2) is 0 Å². The number of pyridine rings is 3. The maximum Gasteiger partial charge on any atom is 0.407 e. The third-order valence-corrected chi connectivity index (χ3v) is 13.7. The van der Waals surface area contributed by atoms with Crippen LogP contribution in [0.1, 0.15) is 77.7 Å². The number of aromatic hydroxyl groups is 1. The summed E-state index contributed by atoms with van der Waals surface area (Å²) in [5, 5.41) is 32.8. The molecule has 0 saturated carbocycles. The van der Waals surface area contributed by atoms with Crippen LogP contribution < -0.4 is 16.0 Å². The van der Waals surface area contributed by atoms with Crippen LogP contribution in [-0.4, -0.2) is 106 Å². The molecule has 18 nitrogen and oxygen atoms in total. The summed E-state index contributed by atoms with van der Waals surface area (Å²) >= 11 is 6.70. The second-order valence-corrected chi connectivity index (χ2v) is 17.1. The predicted octanol–water partition coefficient (Wildman–Crippen LogP) is 6.24. The van der Waals surface area contributed by atoms with Gasteiger partial charge in [-0.3, -0.25) is 14.6 Å². The molecule has 342 valence electrons. The summed E-state index contributed by atoms with van der Waals surface area (Å²) in [6, 6.07) is 6.58. The number of nitrogen functional groups attached to an aromatic ring is 1. The summed E-state index contributed by atoms with van der Waals surface area (Å²) < 4.78 is 14.9. The first kappa shape index (κ1) is 45.2. The van der Waals surface area contributed by atoms with Gasteiger partial charge in [0.05, 0.1) is 64.8 Å². The highest BCUT2D eigenvalue weighted by molar-refractivity contribution is 6.34. The highest BCUT2D eigenvalue weighted by Gasteiger charge is 2.64. The Morgan fingerprint density at radius 2 is 1.85 bits per heavy atom. The molecule has 2 aliphatic rings. The number of cyclic esters (lactones) is 1. The zero-order chi connectivity index (χ0) is 47.6. The first-order valence-corrected chi connectivity index (χ1v) is 21.6. The number of carbonyl (C=O) groups is 3. The minimum absolute atomic E-state index is 0.0494. The molecule has 2 unspecified atom stereocenters. The topological polar surface area (TPSA) is 241 Å². The highest BCUT2D eigenvalue weighted by Crippen LogP contribution is 2.51. The largest absolute Gasteiger partial charge is 0.508 e. The van der Waals surface area contributed by atoms with E-state index in [2.05, 4.69) is 26.8 Å². The zero-order valence-corrected chi connectivity index (χ0v) is 38.2. The lowest BCUT2D eigenvalue weighted by Gasteiger charge is -2.55. The van der Waals surface area contributed by atoms with Gasteiger partial charge in [-0.1, -0.05) is 37.3 Å². The second-order valence-electron chi connectivity index (χ2n) is 16.7. The van der Waals surface area contributed by atoms with Crippen molar-refractivity contribution in [3.8, 4) is 34.7 Å². The van der Waals surface area contributed by atoms with E-state index < -0.39 is 47.8 Å². The molecule has 1 aromatic carbocycles. The molecule has 66 heavy (non-hydrogen) atoms. The van der Waals surface area contributed by atoms with Gasteiger partial charge in [0, 0.05) is 61.5 Å². The Kier molecular flexibility index (Phi) is 11.6. The molecule has 0 radical (unpaired) electrons. The number of aromatic nitrogens is 6. The quantitative estimate of drug-likeness (QED) is 0.0639. The molecule has 2 aliphatic heterocycles. The molecule has 7 heterocycles. The van der Waals surface area contributed by atoms with Crippen LogP contribution in [0.25, 0.3) is 33.3 Å². The Hall–Kier alpha value is -7.39. The molecule has 19 heteroatoms. The number of halogens is 1. The number of hydrogen-bond donors (Lipinski definition) is 4. The average molecular weight is 918 g/mol. The molecule has 0 spiro atoms. The van der Waals surface area contributed by atoms with Crippen LogP contribution in [0.3, 0.4) is 0 Å². The van der Waals surface area contributed by atoms with E-state index in [9.17, 15) is 34.5 Å². The minimum Gasteiger partial charge on any atom is -0.508 e. The number of aryl methyl sites for hydroxylation is 2. The Morgan fingerprint density at radius 1 is 1.09 bits per heavy atom. The number of phenols is 1. The third kappa shape index (κ3) is 6.96. The van der Waals surface area contributed by atoms with Crippen molar-refractivity contribution in [2.75, 3.05) is 33.5 Å². The fourth-order valence-corrected chi connectivity index (χ4v) is 10.4. The first-order valence-electron chi connectivity index (χ1n) is 21.2. The van der Waals surface area contributed by atoms with E-state index in [0.29, 0.717) is 51.4 Å². The number of esters is 1. The zero-order valence-electron chi connectivity index (χ0n) is 37.4. The lowest BCUT2D eigenvalue weighted by Crippen LogP contribution is -2.71. The lowest BCUT2D eigenvalue weighted by molar-refractivity contribution is -0.163. The van der Waals surface area contributed by atoms with Gasteiger partial charge >= 0.3 is 18.2 Å². The van der Waals surface area contributed by atoms with Crippen LogP contribution >= 0.6 is 11.6 Å². The molecule has 0 aliphatic carbocycles. The fraction of sp³-hybridized carbons (Fsp3) is 0.362. The normalized spacial score (nSPS) is 15.8. The number of hydrogen-bond acceptors (Lipinski definition) is 12. The van der Waals surface area contributed by atoms with Gasteiger partial charge in [-0.25, -0.2) is 19.6 Å². The van der Waals surface area contributed by atoms with Crippen LogP contribution in [0.15, 0.2) is 41.5 Å².